The highest BCUT2D eigenvalue weighted by Crippen LogP contribution is 2.45. The third-order valence-corrected chi connectivity index (χ3v) is 10.7. The van der Waals surface area contributed by atoms with Crippen molar-refractivity contribution >= 4 is 53.3 Å². The Hall–Kier alpha value is -5.51. The molecule has 0 saturated heterocycles. The summed E-state index contributed by atoms with van der Waals surface area (Å²) in [6.07, 6.45) is 0. The minimum absolute atomic E-state index is 0.109. The smallest absolute Gasteiger partial charge is 0.147 e. The van der Waals surface area contributed by atoms with E-state index in [1.165, 1.54) is 64.4 Å². The summed E-state index contributed by atoms with van der Waals surface area (Å²) in [6.45, 7) is 6.93. The van der Waals surface area contributed by atoms with Gasteiger partial charge in [0.15, 0.2) is 0 Å². The fraction of sp³-hybridized carbons (Fsp3) is 0.0889. The summed E-state index contributed by atoms with van der Waals surface area (Å²) < 4.78 is 5.00. The maximum Gasteiger partial charge on any atom is 0.147 e. The van der Waals surface area contributed by atoms with E-state index in [1.54, 1.807) is 0 Å². The molecule has 0 saturated carbocycles. The number of rotatable bonds is 4. The maximum atomic E-state index is 5.52. The summed E-state index contributed by atoms with van der Waals surface area (Å²) >= 11 is 1.87. The third-order valence-electron chi connectivity index (χ3n) is 9.52. The molecule has 0 aliphatic carbocycles. The Morgan fingerprint density at radius 2 is 1.21 bits per heavy atom. The summed E-state index contributed by atoms with van der Waals surface area (Å²) in [5.74, 6) is 0.967. The molecule has 2 nitrogen and oxygen atoms in total. The average molecular weight is 635 g/mol. The number of aromatic nitrogens is 2. The molecular formula is C45H34N2S. The van der Waals surface area contributed by atoms with Crippen LogP contribution in [-0.2, 0) is 5.41 Å². The van der Waals surface area contributed by atoms with Gasteiger partial charge in [-0.1, -0.05) is 148 Å². The van der Waals surface area contributed by atoms with Crippen molar-refractivity contribution in [2.24, 2.45) is 0 Å². The summed E-state index contributed by atoms with van der Waals surface area (Å²) in [7, 11) is 0. The number of hydrogen-bond donors (Lipinski definition) is 0. The number of para-hydroxylation sites is 1. The summed E-state index contributed by atoms with van der Waals surface area (Å²) in [5.41, 5.74) is 10.5. The van der Waals surface area contributed by atoms with Gasteiger partial charge in [-0.25, -0.2) is 4.98 Å². The van der Waals surface area contributed by atoms with Crippen molar-refractivity contribution in [2.75, 3.05) is 0 Å². The van der Waals surface area contributed by atoms with Crippen LogP contribution < -0.4 is 0 Å². The minimum atomic E-state index is -0.109. The van der Waals surface area contributed by atoms with Gasteiger partial charge in [0, 0.05) is 31.3 Å². The molecule has 9 aromatic rings. The van der Waals surface area contributed by atoms with E-state index < -0.39 is 0 Å². The van der Waals surface area contributed by atoms with Crippen LogP contribution in [0.1, 0.15) is 26.3 Å². The molecule has 0 spiro atoms. The molecule has 2 heterocycles. The fourth-order valence-corrected chi connectivity index (χ4v) is 8.45. The molecule has 2 aromatic heterocycles. The molecule has 0 bridgehead atoms. The summed E-state index contributed by atoms with van der Waals surface area (Å²) in [4.78, 5) is 5.52. The topological polar surface area (TPSA) is 17.8 Å². The Kier molecular flexibility index (Phi) is 6.60. The molecule has 0 N–H and O–H groups in total. The largest absolute Gasteiger partial charge is 0.291 e. The van der Waals surface area contributed by atoms with Crippen molar-refractivity contribution in [2.45, 2.75) is 26.2 Å². The number of benzene rings is 7. The van der Waals surface area contributed by atoms with Crippen molar-refractivity contribution in [1.29, 1.82) is 0 Å². The van der Waals surface area contributed by atoms with E-state index in [9.17, 15) is 0 Å². The van der Waals surface area contributed by atoms with Crippen molar-refractivity contribution in [3.63, 3.8) is 0 Å². The highest BCUT2D eigenvalue weighted by Gasteiger charge is 2.27. The van der Waals surface area contributed by atoms with Gasteiger partial charge in [0.1, 0.15) is 5.82 Å². The van der Waals surface area contributed by atoms with E-state index in [-0.39, 0.29) is 5.41 Å². The monoisotopic (exact) mass is 634 g/mol. The fourth-order valence-electron chi connectivity index (χ4n) is 7.19. The maximum absolute atomic E-state index is 5.52. The van der Waals surface area contributed by atoms with Gasteiger partial charge in [0.2, 0.25) is 0 Å². The zero-order valence-electron chi connectivity index (χ0n) is 27.2. The van der Waals surface area contributed by atoms with Gasteiger partial charge in [0.25, 0.3) is 0 Å². The molecule has 7 aromatic carbocycles. The Morgan fingerprint density at radius 3 is 1.96 bits per heavy atom. The van der Waals surface area contributed by atoms with Crippen LogP contribution in [0.2, 0.25) is 0 Å². The summed E-state index contributed by atoms with van der Waals surface area (Å²) in [6, 6.07) is 55.0. The molecule has 0 unspecified atom stereocenters. The van der Waals surface area contributed by atoms with Crippen LogP contribution in [0, 0.1) is 0 Å². The highest BCUT2D eigenvalue weighted by atomic mass is 32.1. The van der Waals surface area contributed by atoms with Crippen molar-refractivity contribution < 1.29 is 0 Å². The second-order valence-electron chi connectivity index (χ2n) is 13.6. The van der Waals surface area contributed by atoms with Crippen LogP contribution in [-0.4, -0.2) is 9.55 Å². The number of nitrogens with zero attached hydrogens (tertiary/aromatic N) is 2. The minimum Gasteiger partial charge on any atom is -0.291 e. The molecular weight excluding hydrogens is 601 g/mol. The lowest BCUT2D eigenvalue weighted by atomic mass is 9.83. The predicted molar refractivity (Wildman–Crippen MR) is 206 cm³/mol. The van der Waals surface area contributed by atoms with Gasteiger partial charge in [-0.2, -0.15) is 0 Å². The standard InChI is InChI=1S/C45H34N2S/c1-45(2,3)38-23-13-20-34(30-16-8-5-9-17-30)42(38)47-40-27-32-19-11-10-18-31(32)26-39(40)46-44(47)37-22-12-21-36-35-25-24-33(28-41(35)48-43(36)37)29-14-6-4-7-15-29/h4-28H,1-3H3. The SMILES string of the molecule is CC(C)(C)c1cccc(-c2ccccc2)c1-n1c(-c2cccc3c2sc2cc(-c4ccccc4)ccc23)nc2cc3ccccc3cc21. The third kappa shape index (κ3) is 4.65. The predicted octanol–water partition coefficient (Wildman–Crippen LogP) is 12.8. The van der Waals surface area contributed by atoms with Gasteiger partial charge in [-0.15, -0.1) is 11.3 Å². The molecule has 0 atom stereocenters. The van der Waals surface area contributed by atoms with Crippen molar-refractivity contribution in [3.05, 3.63) is 157 Å². The van der Waals surface area contributed by atoms with E-state index in [0.29, 0.717) is 0 Å². The molecule has 3 heteroatoms. The average Bonchev–Trinajstić information content (AvgIpc) is 3.68. The zero-order chi connectivity index (χ0) is 32.4. The van der Waals surface area contributed by atoms with Crippen LogP contribution in [0.3, 0.4) is 0 Å². The normalized spacial score (nSPS) is 12.1. The second-order valence-corrected chi connectivity index (χ2v) is 14.7. The Balaban J connectivity index is 1.39. The zero-order valence-corrected chi connectivity index (χ0v) is 28.1. The van der Waals surface area contributed by atoms with Gasteiger partial charge in [-0.05, 0) is 62.7 Å². The molecule has 0 amide bonds. The first-order valence-electron chi connectivity index (χ1n) is 16.6. The Labute approximate surface area is 284 Å². The van der Waals surface area contributed by atoms with Crippen LogP contribution >= 0.6 is 11.3 Å². The van der Waals surface area contributed by atoms with Gasteiger partial charge in [-0.3, -0.25) is 4.57 Å². The number of thiophene rings is 1. The first kappa shape index (κ1) is 28.7. The second kappa shape index (κ2) is 11.0. The molecule has 230 valence electrons. The summed E-state index contributed by atoms with van der Waals surface area (Å²) in [5, 5.41) is 4.95. The van der Waals surface area contributed by atoms with Crippen molar-refractivity contribution in [1.82, 2.24) is 9.55 Å². The lowest BCUT2D eigenvalue weighted by molar-refractivity contribution is 0.587. The van der Waals surface area contributed by atoms with Gasteiger partial charge in [0.05, 0.1) is 16.7 Å². The first-order chi connectivity index (χ1) is 23.4. The van der Waals surface area contributed by atoms with Crippen molar-refractivity contribution in [3.8, 4) is 39.3 Å². The molecule has 0 fully saturated rings. The number of fused-ring (bicyclic) bond motifs is 5. The lowest BCUT2D eigenvalue weighted by Gasteiger charge is -2.27. The van der Waals surface area contributed by atoms with E-state index in [2.05, 4.69) is 177 Å². The van der Waals surface area contributed by atoms with Crippen LogP contribution in [0.25, 0.3) is 81.3 Å². The Bertz CT molecular complexity index is 2640. The number of hydrogen-bond acceptors (Lipinski definition) is 2. The Morgan fingerprint density at radius 1 is 0.542 bits per heavy atom. The first-order valence-corrected chi connectivity index (χ1v) is 17.4. The highest BCUT2D eigenvalue weighted by molar-refractivity contribution is 7.26. The lowest BCUT2D eigenvalue weighted by Crippen LogP contribution is -2.16. The molecule has 0 aliphatic heterocycles. The molecule has 0 aliphatic rings. The number of imidazole rings is 1. The molecule has 0 radical (unpaired) electrons. The van der Waals surface area contributed by atoms with E-state index in [4.69, 9.17) is 4.98 Å². The van der Waals surface area contributed by atoms with E-state index in [1.807, 2.05) is 11.3 Å². The van der Waals surface area contributed by atoms with E-state index >= 15 is 0 Å². The van der Waals surface area contributed by atoms with Gasteiger partial charge >= 0.3 is 0 Å². The van der Waals surface area contributed by atoms with Gasteiger partial charge < -0.3 is 0 Å². The van der Waals surface area contributed by atoms with Crippen LogP contribution in [0.15, 0.2) is 152 Å². The molecule has 9 rings (SSSR count). The van der Waals surface area contributed by atoms with Crippen LogP contribution in [0.4, 0.5) is 0 Å². The quantitative estimate of drug-likeness (QED) is 0.188. The molecule has 48 heavy (non-hydrogen) atoms. The van der Waals surface area contributed by atoms with E-state index in [0.717, 1.165) is 22.4 Å². The van der Waals surface area contributed by atoms with Crippen LogP contribution in [0.5, 0.6) is 0 Å².